The van der Waals surface area contributed by atoms with Crippen LogP contribution in [0.2, 0.25) is 0 Å². The van der Waals surface area contributed by atoms with E-state index in [-0.39, 0.29) is 11.9 Å². The molecule has 118 valence electrons. The highest BCUT2D eigenvalue weighted by atomic mass is 32.1. The molecule has 1 amide bonds. The zero-order chi connectivity index (χ0) is 16.1. The first kappa shape index (κ1) is 16.3. The molecule has 6 nitrogen and oxygen atoms in total. The van der Waals surface area contributed by atoms with Gasteiger partial charge in [0, 0.05) is 23.6 Å². The van der Waals surface area contributed by atoms with Crippen molar-refractivity contribution in [3.05, 3.63) is 39.8 Å². The van der Waals surface area contributed by atoms with Crippen molar-refractivity contribution < 1.29 is 14.3 Å². The van der Waals surface area contributed by atoms with Gasteiger partial charge in [-0.05, 0) is 19.1 Å². The van der Waals surface area contributed by atoms with Crippen LogP contribution in [0.4, 0.5) is 0 Å². The van der Waals surface area contributed by atoms with E-state index in [1.165, 1.54) is 11.3 Å². The van der Waals surface area contributed by atoms with Crippen molar-refractivity contribution in [3.8, 4) is 11.5 Å². The number of carbonyl (C=O) groups is 1. The van der Waals surface area contributed by atoms with E-state index in [0.29, 0.717) is 23.7 Å². The molecule has 22 heavy (non-hydrogen) atoms. The third-order valence-electron chi connectivity index (χ3n) is 3.08. The second-order valence-electron chi connectivity index (χ2n) is 4.72. The Labute approximate surface area is 133 Å². The maximum absolute atomic E-state index is 12.1. The third-order valence-corrected chi connectivity index (χ3v) is 4.12. The van der Waals surface area contributed by atoms with E-state index in [2.05, 4.69) is 10.3 Å². The van der Waals surface area contributed by atoms with E-state index < -0.39 is 0 Å². The van der Waals surface area contributed by atoms with Gasteiger partial charge < -0.3 is 20.5 Å². The van der Waals surface area contributed by atoms with Gasteiger partial charge in [-0.25, -0.2) is 4.98 Å². The van der Waals surface area contributed by atoms with Crippen LogP contribution >= 0.6 is 11.3 Å². The number of amides is 1. The average molecular weight is 321 g/mol. The number of methoxy groups -OCH3 is 2. The molecule has 0 bridgehead atoms. The molecule has 0 aliphatic carbocycles. The van der Waals surface area contributed by atoms with Crippen molar-refractivity contribution >= 4 is 17.2 Å². The standard InChI is InChI=1S/C15H19N3O3S/c1-9(16)15-18-12(8-22-15)14(19)17-7-10-4-5-11(20-2)6-13(10)21-3/h4-6,8-9H,7,16H2,1-3H3,(H,17,19). The number of nitrogens with one attached hydrogen (secondary N) is 1. The number of thiazole rings is 1. The Morgan fingerprint density at radius 3 is 2.77 bits per heavy atom. The van der Waals surface area contributed by atoms with Gasteiger partial charge in [0.2, 0.25) is 0 Å². The van der Waals surface area contributed by atoms with Gasteiger partial charge in [-0.2, -0.15) is 0 Å². The van der Waals surface area contributed by atoms with Gasteiger partial charge in [0.05, 0.1) is 20.3 Å². The van der Waals surface area contributed by atoms with Gasteiger partial charge in [0.1, 0.15) is 22.2 Å². The Morgan fingerprint density at radius 2 is 2.18 bits per heavy atom. The highest BCUT2D eigenvalue weighted by Gasteiger charge is 2.13. The average Bonchev–Trinajstić information content (AvgIpc) is 3.02. The molecular formula is C15H19N3O3S. The molecule has 0 saturated heterocycles. The van der Waals surface area contributed by atoms with Crippen LogP contribution in [0.5, 0.6) is 11.5 Å². The molecule has 0 aliphatic heterocycles. The molecule has 0 aliphatic rings. The first-order valence-corrected chi connectivity index (χ1v) is 7.63. The van der Waals surface area contributed by atoms with Gasteiger partial charge in [-0.15, -0.1) is 11.3 Å². The van der Waals surface area contributed by atoms with Crippen LogP contribution in [0, 0.1) is 0 Å². The fraction of sp³-hybridized carbons (Fsp3) is 0.333. The summed E-state index contributed by atoms with van der Waals surface area (Å²) in [4.78, 5) is 16.3. The fourth-order valence-electron chi connectivity index (χ4n) is 1.87. The second-order valence-corrected chi connectivity index (χ2v) is 5.61. The quantitative estimate of drug-likeness (QED) is 0.851. The van der Waals surface area contributed by atoms with Gasteiger partial charge in [-0.1, -0.05) is 0 Å². The minimum absolute atomic E-state index is 0.173. The molecule has 2 aromatic rings. The predicted octanol–water partition coefficient (Wildman–Crippen LogP) is 2.11. The highest BCUT2D eigenvalue weighted by molar-refractivity contribution is 7.09. The van der Waals surface area contributed by atoms with E-state index >= 15 is 0 Å². The first-order valence-electron chi connectivity index (χ1n) is 6.75. The zero-order valence-corrected chi connectivity index (χ0v) is 13.6. The predicted molar refractivity (Wildman–Crippen MR) is 85.4 cm³/mol. The van der Waals surface area contributed by atoms with Crippen LogP contribution in [-0.2, 0) is 6.54 Å². The maximum atomic E-state index is 12.1. The van der Waals surface area contributed by atoms with E-state index in [1.807, 2.05) is 19.1 Å². The molecule has 3 N–H and O–H groups in total. The summed E-state index contributed by atoms with van der Waals surface area (Å²) in [6.07, 6.45) is 0. The molecule has 0 fully saturated rings. The lowest BCUT2D eigenvalue weighted by atomic mass is 10.2. The number of nitrogens with zero attached hydrogens (tertiary/aromatic N) is 1. The summed E-state index contributed by atoms with van der Waals surface area (Å²) in [7, 11) is 3.17. The smallest absolute Gasteiger partial charge is 0.271 e. The molecule has 1 aromatic carbocycles. The number of carbonyl (C=O) groups excluding carboxylic acids is 1. The molecule has 1 heterocycles. The van der Waals surface area contributed by atoms with Crippen LogP contribution in [0.15, 0.2) is 23.6 Å². The lowest BCUT2D eigenvalue weighted by molar-refractivity contribution is 0.0946. The second kappa shape index (κ2) is 7.24. The van der Waals surface area contributed by atoms with Crippen molar-refractivity contribution in [1.82, 2.24) is 10.3 Å². The minimum atomic E-state index is -0.235. The summed E-state index contributed by atoms with van der Waals surface area (Å²) in [5.41, 5.74) is 6.99. The Balaban J connectivity index is 2.04. The largest absolute Gasteiger partial charge is 0.497 e. The van der Waals surface area contributed by atoms with Gasteiger partial charge in [-0.3, -0.25) is 4.79 Å². The molecular weight excluding hydrogens is 302 g/mol. The van der Waals surface area contributed by atoms with Crippen LogP contribution in [0.3, 0.4) is 0 Å². The normalized spacial score (nSPS) is 11.8. The van der Waals surface area contributed by atoms with E-state index in [4.69, 9.17) is 15.2 Å². The summed E-state index contributed by atoms with van der Waals surface area (Å²) in [5.74, 6) is 1.13. The van der Waals surface area contributed by atoms with Crippen LogP contribution in [-0.4, -0.2) is 25.1 Å². The first-order chi connectivity index (χ1) is 10.5. The molecule has 1 aromatic heterocycles. The number of ether oxygens (including phenoxy) is 2. The summed E-state index contributed by atoms with van der Waals surface area (Å²) < 4.78 is 10.4. The molecule has 0 radical (unpaired) electrons. The van der Waals surface area contributed by atoms with E-state index in [1.54, 1.807) is 25.7 Å². The van der Waals surface area contributed by atoms with Crippen LogP contribution in [0.1, 0.15) is 34.0 Å². The maximum Gasteiger partial charge on any atom is 0.271 e. The summed E-state index contributed by atoms with van der Waals surface area (Å²) in [6.45, 7) is 2.18. The summed E-state index contributed by atoms with van der Waals surface area (Å²) in [6, 6.07) is 5.28. The Hall–Kier alpha value is -2.12. The third kappa shape index (κ3) is 3.75. The van der Waals surface area contributed by atoms with Crippen molar-refractivity contribution in [1.29, 1.82) is 0 Å². The number of hydrogen-bond acceptors (Lipinski definition) is 6. The number of rotatable bonds is 6. The molecule has 1 unspecified atom stereocenters. The fourth-order valence-corrected chi connectivity index (χ4v) is 2.62. The molecule has 1 atom stereocenters. The molecule has 0 spiro atoms. The minimum Gasteiger partial charge on any atom is -0.497 e. The lowest BCUT2D eigenvalue weighted by Gasteiger charge is -2.10. The highest BCUT2D eigenvalue weighted by Crippen LogP contribution is 2.24. The van der Waals surface area contributed by atoms with Crippen molar-refractivity contribution in [2.24, 2.45) is 5.73 Å². The van der Waals surface area contributed by atoms with E-state index in [9.17, 15) is 4.79 Å². The molecule has 0 saturated carbocycles. The monoisotopic (exact) mass is 321 g/mol. The van der Waals surface area contributed by atoms with Gasteiger partial charge in [0.15, 0.2) is 0 Å². The number of aromatic nitrogens is 1. The molecule has 7 heteroatoms. The van der Waals surface area contributed by atoms with E-state index in [0.717, 1.165) is 10.6 Å². The van der Waals surface area contributed by atoms with Crippen molar-refractivity contribution in [2.75, 3.05) is 14.2 Å². The Bertz CT molecular complexity index is 655. The topological polar surface area (TPSA) is 86.5 Å². The van der Waals surface area contributed by atoms with Gasteiger partial charge in [0.25, 0.3) is 5.91 Å². The van der Waals surface area contributed by atoms with Crippen molar-refractivity contribution in [3.63, 3.8) is 0 Å². The van der Waals surface area contributed by atoms with Crippen LogP contribution in [0.25, 0.3) is 0 Å². The molecule has 2 rings (SSSR count). The van der Waals surface area contributed by atoms with Crippen LogP contribution < -0.4 is 20.5 Å². The zero-order valence-electron chi connectivity index (χ0n) is 12.8. The summed E-state index contributed by atoms with van der Waals surface area (Å²) >= 11 is 1.38. The van der Waals surface area contributed by atoms with Gasteiger partial charge >= 0.3 is 0 Å². The number of benzene rings is 1. The SMILES string of the molecule is COc1ccc(CNC(=O)c2csc(C(C)N)n2)c(OC)c1. The number of hydrogen-bond donors (Lipinski definition) is 2. The Morgan fingerprint density at radius 1 is 1.41 bits per heavy atom. The number of nitrogens with two attached hydrogens (primary N) is 1. The Kier molecular flexibility index (Phi) is 5.35. The summed E-state index contributed by atoms with van der Waals surface area (Å²) in [5, 5.41) is 5.27. The van der Waals surface area contributed by atoms with Crippen molar-refractivity contribution in [2.45, 2.75) is 19.5 Å². The lowest BCUT2D eigenvalue weighted by Crippen LogP contribution is -2.23.